The van der Waals surface area contributed by atoms with Crippen molar-refractivity contribution < 1.29 is 4.39 Å². The van der Waals surface area contributed by atoms with E-state index in [9.17, 15) is 4.39 Å². The van der Waals surface area contributed by atoms with E-state index in [-0.39, 0.29) is 11.9 Å². The van der Waals surface area contributed by atoms with Crippen LogP contribution in [0.4, 0.5) is 4.39 Å². The van der Waals surface area contributed by atoms with Gasteiger partial charge in [-0.15, -0.1) is 0 Å². The Hall–Kier alpha value is -0.580. The van der Waals surface area contributed by atoms with Gasteiger partial charge in [-0.2, -0.15) is 11.8 Å². The molecule has 1 aromatic rings. The van der Waals surface area contributed by atoms with Crippen LogP contribution in [0.5, 0.6) is 0 Å². The largest absolute Gasteiger partial charge is 0.329 e. The molecule has 0 aliphatic heterocycles. The molecule has 2 nitrogen and oxygen atoms in total. The Morgan fingerprint density at radius 3 is 2.41 bits per heavy atom. The van der Waals surface area contributed by atoms with Crippen molar-refractivity contribution in [1.29, 1.82) is 0 Å². The van der Waals surface area contributed by atoms with Gasteiger partial charge in [0.15, 0.2) is 0 Å². The van der Waals surface area contributed by atoms with Crippen LogP contribution in [-0.2, 0) is 0 Å². The lowest BCUT2D eigenvalue weighted by Gasteiger charge is -2.32. The standard InChI is InChI=1S/C13H21FN2S/c1-10(9-17-3)16(2)13(8-15)11-4-6-12(14)7-5-11/h4-7,10,13H,8-9,15H2,1-3H3. The summed E-state index contributed by atoms with van der Waals surface area (Å²) in [6.45, 7) is 2.73. The summed E-state index contributed by atoms with van der Waals surface area (Å²) in [6.07, 6.45) is 2.10. The molecule has 4 heteroatoms. The molecule has 0 fully saturated rings. The van der Waals surface area contributed by atoms with Crippen molar-refractivity contribution in [3.63, 3.8) is 0 Å². The first-order valence-electron chi connectivity index (χ1n) is 5.76. The molecule has 2 unspecified atom stereocenters. The minimum Gasteiger partial charge on any atom is -0.329 e. The molecule has 1 rings (SSSR count). The summed E-state index contributed by atoms with van der Waals surface area (Å²) >= 11 is 1.82. The van der Waals surface area contributed by atoms with Crippen LogP contribution in [-0.4, -0.2) is 36.5 Å². The molecule has 96 valence electrons. The number of halogens is 1. The molecule has 2 atom stereocenters. The maximum absolute atomic E-state index is 12.9. The van der Waals surface area contributed by atoms with Gasteiger partial charge in [0.2, 0.25) is 0 Å². The first kappa shape index (κ1) is 14.5. The second-order valence-corrected chi connectivity index (χ2v) is 5.18. The van der Waals surface area contributed by atoms with E-state index >= 15 is 0 Å². The smallest absolute Gasteiger partial charge is 0.123 e. The van der Waals surface area contributed by atoms with Gasteiger partial charge in [-0.1, -0.05) is 12.1 Å². The van der Waals surface area contributed by atoms with Crippen LogP contribution in [0.25, 0.3) is 0 Å². The van der Waals surface area contributed by atoms with Crippen molar-refractivity contribution in [3.8, 4) is 0 Å². The number of hydrogen-bond acceptors (Lipinski definition) is 3. The third-order valence-electron chi connectivity index (χ3n) is 3.07. The highest BCUT2D eigenvalue weighted by molar-refractivity contribution is 7.98. The summed E-state index contributed by atoms with van der Waals surface area (Å²) in [4.78, 5) is 2.25. The van der Waals surface area contributed by atoms with E-state index in [1.807, 2.05) is 23.9 Å². The van der Waals surface area contributed by atoms with E-state index in [2.05, 4.69) is 25.1 Å². The average molecular weight is 256 g/mol. The predicted molar refractivity (Wildman–Crippen MR) is 73.8 cm³/mol. The molecule has 0 spiro atoms. The van der Waals surface area contributed by atoms with E-state index in [1.54, 1.807) is 0 Å². The van der Waals surface area contributed by atoms with Crippen LogP contribution >= 0.6 is 11.8 Å². The SMILES string of the molecule is CSCC(C)N(C)C(CN)c1ccc(F)cc1. The molecule has 0 aromatic heterocycles. The van der Waals surface area contributed by atoms with Crippen molar-refractivity contribution in [1.82, 2.24) is 4.90 Å². The van der Waals surface area contributed by atoms with Crippen LogP contribution in [0.1, 0.15) is 18.5 Å². The molecule has 0 radical (unpaired) electrons. The summed E-state index contributed by atoms with van der Waals surface area (Å²) in [7, 11) is 2.07. The molecule has 17 heavy (non-hydrogen) atoms. The zero-order valence-electron chi connectivity index (χ0n) is 10.7. The van der Waals surface area contributed by atoms with Crippen molar-refractivity contribution in [2.75, 3.05) is 25.6 Å². The Morgan fingerprint density at radius 2 is 1.94 bits per heavy atom. The number of thioether (sulfide) groups is 1. The third kappa shape index (κ3) is 3.98. The first-order valence-corrected chi connectivity index (χ1v) is 7.16. The fourth-order valence-electron chi connectivity index (χ4n) is 1.89. The lowest BCUT2D eigenvalue weighted by atomic mass is 10.0. The number of likely N-dealkylation sites (N-methyl/N-ethyl adjacent to an activating group) is 1. The maximum atomic E-state index is 12.9. The minimum atomic E-state index is -0.204. The third-order valence-corrected chi connectivity index (χ3v) is 3.89. The zero-order chi connectivity index (χ0) is 12.8. The van der Waals surface area contributed by atoms with E-state index in [1.165, 1.54) is 12.1 Å². The van der Waals surface area contributed by atoms with Gasteiger partial charge in [0.1, 0.15) is 5.82 Å². The fraction of sp³-hybridized carbons (Fsp3) is 0.538. The van der Waals surface area contributed by atoms with Crippen LogP contribution in [0.3, 0.4) is 0 Å². The van der Waals surface area contributed by atoms with Crippen molar-refractivity contribution >= 4 is 11.8 Å². The van der Waals surface area contributed by atoms with Gasteiger partial charge >= 0.3 is 0 Å². The molecule has 0 heterocycles. The Labute approximate surface area is 107 Å². The second kappa shape index (κ2) is 6.99. The molecule has 0 saturated carbocycles. The molecule has 0 bridgehead atoms. The van der Waals surface area contributed by atoms with Gasteiger partial charge in [-0.05, 0) is 37.9 Å². The lowest BCUT2D eigenvalue weighted by Crippen LogP contribution is -2.38. The predicted octanol–water partition coefficient (Wildman–Crippen LogP) is 2.51. The van der Waals surface area contributed by atoms with Crippen molar-refractivity contribution in [3.05, 3.63) is 35.6 Å². The summed E-state index contributed by atoms with van der Waals surface area (Å²) in [5.74, 6) is 0.859. The van der Waals surface area contributed by atoms with Gasteiger partial charge in [-0.3, -0.25) is 4.90 Å². The van der Waals surface area contributed by atoms with Crippen LogP contribution < -0.4 is 5.73 Å². The van der Waals surface area contributed by atoms with Crippen molar-refractivity contribution in [2.45, 2.75) is 19.0 Å². The van der Waals surface area contributed by atoms with Gasteiger partial charge in [0.25, 0.3) is 0 Å². The number of nitrogens with two attached hydrogens (primary N) is 1. The van der Waals surface area contributed by atoms with Gasteiger partial charge in [0.05, 0.1) is 0 Å². The second-order valence-electron chi connectivity index (χ2n) is 4.27. The lowest BCUT2D eigenvalue weighted by molar-refractivity contribution is 0.204. The summed E-state index contributed by atoms with van der Waals surface area (Å²) in [5, 5.41) is 0. The molecule has 2 N–H and O–H groups in total. The van der Waals surface area contributed by atoms with Crippen LogP contribution in [0, 0.1) is 5.82 Å². The summed E-state index contributed by atoms with van der Waals surface area (Å²) in [6, 6.07) is 7.21. The van der Waals surface area contributed by atoms with E-state index < -0.39 is 0 Å². The topological polar surface area (TPSA) is 29.3 Å². The van der Waals surface area contributed by atoms with Crippen LogP contribution in [0.15, 0.2) is 24.3 Å². The van der Waals surface area contributed by atoms with Crippen LogP contribution in [0.2, 0.25) is 0 Å². The van der Waals surface area contributed by atoms with Gasteiger partial charge in [0, 0.05) is 24.4 Å². The molecule has 0 aliphatic rings. The highest BCUT2D eigenvalue weighted by Crippen LogP contribution is 2.21. The normalized spacial score (nSPS) is 14.9. The van der Waals surface area contributed by atoms with E-state index in [0.717, 1.165) is 11.3 Å². The number of hydrogen-bond donors (Lipinski definition) is 1. The monoisotopic (exact) mass is 256 g/mol. The fourth-order valence-corrected chi connectivity index (χ4v) is 2.61. The molecule has 0 aliphatic carbocycles. The average Bonchev–Trinajstić information content (AvgIpc) is 2.32. The first-order chi connectivity index (χ1) is 8.10. The van der Waals surface area contributed by atoms with Gasteiger partial charge < -0.3 is 5.73 Å². The molecular weight excluding hydrogens is 235 g/mol. The van der Waals surface area contributed by atoms with E-state index in [4.69, 9.17) is 5.73 Å². The molecule has 1 aromatic carbocycles. The Bertz CT molecular complexity index is 329. The maximum Gasteiger partial charge on any atom is 0.123 e. The van der Waals surface area contributed by atoms with Crippen molar-refractivity contribution in [2.24, 2.45) is 5.73 Å². The number of rotatable bonds is 6. The molecular formula is C13H21FN2S. The number of nitrogens with zero attached hydrogens (tertiary/aromatic N) is 1. The Kier molecular flexibility index (Phi) is 5.95. The summed E-state index contributed by atoms with van der Waals surface area (Å²) in [5.41, 5.74) is 6.91. The minimum absolute atomic E-state index is 0.151. The van der Waals surface area contributed by atoms with E-state index in [0.29, 0.717) is 12.6 Å². The Morgan fingerprint density at radius 1 is 1.35 bits per heavy atom. The number of benzene rings is 1. The zero-order valence-corrected chi connectivity index (χ0v) is 11.5. The molecule has 0 saturated heterocycles. The highest BCUT2D eigenvalue weighted by atomic mass is 32.2. The van der Waals surface area contributed by atoms with Gasteiger partial charge in [-0.25, -0.2) is 4.39 Å². The summed E-state index contributed by atoms with van der Waals surface area (Å²) < 4.78 is 12.9. The Balaban J connectivity index is 2.79. The molecule has 0 amide bonds. The quantitative estimate of drug-likeness (QED) is 0.848. The highest BCUT2D eigenvalue weighted by Gasteiger charge is 2.19.